The highest BCUT2D eigenvalue weighted by Crippen LogP contribution is 2.36. The van der Waals surface area contributed by atoms with Gasteiger partial charge in [-0.15, -0.1) is 0 Å². The van der Waals surface area contributed by atoms with E-state index in [-0.39, 0.29) is 22.9 Å². The number of hydrogen-bond donors (Lipinski definition) is 1. The molecule has 1 atom stereocenters. The number of hydrogen-bond acceptors (Lipinski definition) is 5. The minimum Gasteiger partial charge on any atom is -0.486 e. The van der Waals surface area contributed by atoms with Crippen LogP contribution in [0.15, 0.2) is 42.5 Å². The molecule has 0 unspecified atom stereocenters. The van der Waals surface area contributed by atoms with Crippen LogP contribution in [0.1, 0.15) is 28.8 Å². The number of nitro benzene ring substituents is 1. The molecule has 0 spiro atoms. The zero-order valence-electron chi connectivity index (χ0n) is 13.7. The highest BCUT2D eigenvalue weighted by atomic mass is 16.6. The van der Waals surface area contributed by atoms with Gasteiger partial charge in [-0.1, -0.05) is 37.3 Å². The topological polar surface area (TPSA) is 90.7 Å². The Balaban J connectivity index is 1.78. The lowest BCUT2D eigenvalue weighted by atomic mass is 10.0. The summed E-state index contributed by atoms with van der Waals surface area (Å²) < 4.78 is 10.8. The minimum atomic E-state index is -0.590. The molecule has 1 amide bonds. The lowest BCUT2D eigenvalue weighted by molar-refractivity contribution is -0.385. The van der Waals surface area contributed by atoms with Crippen molar-refractivity contribution in [1.82, 2.24) is 5.32 Å². The molecule has 7 heteroatoms. The third kappa shape index (κ3) is 3.71. The molecule has 0 aliphatic carbocycles. The van der Waals surface area contributed by atoms with Crippen molar-refractivity contribution in [2.45, 2.75) is 12.8 Å². The maximum atomic E-state index is 12.5. The van der Waals surface area contributed by atoms with E-state index in [2.05, 4.69) is 5.32 Å². The lowest BCUT2D eigenvalue weighted by Crippen LogP contribution is -2.28. The van der Waals surface area contributed by atoms with Gasteiger partial charge in [-0.25, -0.2) is 0 Å². The Morgan fingerprint density at radius 2 is 1.84 bits per heavy atom. The fourth-order valence-corrected chi connectivity index (χ4v) is 2.65. The number of ether oxygens (including phenoxy) is 2. The van der Waals surface area contributed by atoms with E-state index in [1.807, 2.05) is 37.3 Å². The number of carbonyl (C=O) groups is 1. The van der Waals surface area contributed by atoms with E-state index >= 15 is 0 Å². The normalized spacial score (nSPS) is 13.8. The van der Waals surface area contributed by atoms with E-state index < -0.39 is 10.8 Å². The number of nitrogens with one attached hydrogen (secondary N) is 1. The Hall–Kier alpha value is -3.09. The van der Waals surface area contributed by atoms with Crippen LogP contribution < -0.4 is 14.8 Å². The van der Waals surface area contributed by atoms with Gasteiger partial charge in [0.2, 0.25) is 0 Å². The molecular formula is C18H18N2O5. The third-order valence-electron chi connectivity index (χ3n) is 4.04. The first-order chi connectivity index (χ1) is 12.1. The number of nitrogens with zero attached hydrogens (tertiary/aromatic N) is 1. The van der Waals surface area contributed by atoms with E-state index in [0.717, 1.165) is 5.56 Å². The molecule has 0 bridgehead atoms. The van der Waals surface area contributed by atoms with Crippen molar-refractivity contribution in [2.24, 2.45) is 0 Å². The van der Waals surface area contributed by atoms with Crippen LogP contribution in [-0.4, -0.2) is 30.6 Å². The molecule has 1 N–H and O–H groups in total. The second-order valence-electron chi connectivity index (χ2n) is 5.79. The lowest BCUT2D eigenvalue weighted by Gasteiger charge is -2.19. The van der Waals surface area contributed by atoms with Crippen molar-refractivity contribution in [2.75, 3.05) is 19.8 Å². The van der Waals surface area contributed by atoms with E-state index in [9.17, 15) is 14.9 Å². The van der Waals surface area contributed by atoms with Crippen molar-refractivity contribution >= 4 is 11.6 Å². The highest BCUT2D eigenvalue weighted by Gasteiger charge is 2.26. The molecule has 0 saturated carbocycles. The maximum Gasteiger partial charge on any atom is 0.286 e. The molecule has 130 valence electrons. The van der Waals surface area contributed by atoms with Gasteiger partial charge in [-0.3, -0.25) is 14.9 Å². The van der Waals surface area contributed by atoms with Crippen LogP contribution in [0.2, 0.25) is 0 Å². The molecule has 1 aliphatic rings. The summed E-state index contributed by atoms with van der Waals surface area (Å²) in [6.45, 7) is 3.02. The Morgan fingerprint density at radius 1 is 1.20 bits per heavy atom. The zero-order chi connectivity index (χ0) is 17.8. The van der Waals surface area contributed by atoms with Crippen LogP contribution in [-0.2, 0) is 0 Å². The molecule has 2 aromatic rings. The quantitative estimate of drug-likeness (QED) is 0.666. The fraction of sp³-hybridized carbons (Fsp3) is 0.278. The average molecular weight is 342 g/mol. The predicted octanol–water partition coefficient (Wildman–Crippen LogP) is 2.90. The summed E-state index contributed by atoms with van der Waals surface area (Å²) >= 11 is 0. The summed E-state index contributed by atoms with van der Waals surface area (Å²) in [7, 11) is 0. The van der Waals surface area contributed by atoms with Crippen molar-refractivity contribution in [3.63, 3.8) is 0 Å². The predicted molar refractivity (Wildman–Crippen MR) is 91.3 cm³/mol. The van der Waals surface area contributed by atoms with Crippen LogP contribution in [0.4, 0.5) is 5.69 Å². The van der Waals surface area contributed by atoms with Gasteiger partial charge in [-0.05, 0) is 11.5 Å². The Morgan fingerprint density at radius 3 is 2.48 bits per heavy atom. The summed E-state index contributed by atoms with van der Waals surface area (Å²) in [4.78, 5) is 23.2. The third-order valence-corrected chi connectivity index (χ3v) is 4.04. The molecule has 7 nitrogen and oxygen atoms in total. The molecule has 0 fully saturated rings. The van der Waals surface area contributed by atoms with Crippen molar-refractivity contribution in [3.8, 4) is 11.5 Å². The first-order valence-corrected chi connectivity index (χ1v) is 7.97. The Bertz CT molecular complexity index is 792. The van der Waals surface area contributed by atoms with Crippen molar-refractivity contribution < 1.29 is 19.2 Å². The van der Waals surface area contributed by atoms with E-state index in [1.54, 1.807) is 0 Å². The summed E-state index contributed by atoms with van der Waals surface area (Å²) in [5, 5.41) is 14.1. The van der Waals surface area contributed by atoms with Crippen LogP contribution in [0.25, 0.3) is 0 Å². The number of rotatable bonds is 5. The van der Waals surface area contributed by atoms with Gasteiger partial charge in [0, 0.05) is 12.6 Å². The van der Waals surface area contributed by atoms with Gasteiger partial charge >= 0.3 is 0 Å². The van der Waals surface area contributed by atoms with Crippen LogP contribution in [0.3, 0.4) is 0 Å². The molecule has 1 heterocycles. The molecule has 0 aromatic heterocycles. The van der Waals surface area contributed by atoms with Crippen molar-refractivity contribution in [3.05, 3.63) is 63.7 Å². The Kier molecular flexibility index (Phi) is 4.83. The molecule has 3 rings (SSSR count). The minimum absolute atomic E-state index is 0.0329. The largest absolute Gasteiger partial charge is 0.486 e. The standard InChI is InChI=1S/C18H18N2O5/c1-12(13-5-3-2-4-6-13)11-19-18(21)14-9-16-17(25-8-7-24-16)10-15(14)20(22)23/h2-6,9-10,12H,7-8,11H2,1H3,(H,19,21)/t12-/m0/s1. The maximum absolute atomic E-state index is 12.5. The second kappa shape index (κ2) is 7.21. The summed E-state index contributed by atoms with van der Waals surface area (Å²) in [5.74, 6) is 0.207. The van der Waals surface area contributed by atoms with Gasteiger partial charge in [0.1, 0.15) is 18.8 Å². The van der Waals surface area contributed by atoms with Gasteiger partial charge in [0.15, 0.2) is 11.5 Å². The van der Waals surface area contributed by atoms with E-state index in [4.69, 9.17) is 9.47 Å². The van der Waals surface area contributed by atoms with E-state index in [0.29, 0.717) is 25.5 Å². The molecule has 0 radical (unpaired) electrons. The smallest absolute Gasteiger partial charge is 0.286 e. The monoisotopic (exact) mass is 342 g/mol. The highest BCUT2D eigenvalue weighted by molar-refractivity contribution is 5.99. The first-order valence-electron chi connectivity index (χ1n) is 7.97. The van der Waals surface area contributed by atoms with Gasteiger partial charge < -0.3 is 14.8 Å². The fourth-order valence-electron chi connectivity index (χ4n) is 2.65. The average Bonchev–Trinajstić information content (AvgIpc) is 2.65. The van der Waals surface area contributed by atoms with E-state index in [1.165, 1.54) is 12.1 Å². The van der Waals surface area contributed by atoms with Crippen LogP contribution in [0, 0.1) is 10.1 Å². The first kappa shape index (κ1) is 16.8. The van der Waals surface area contributed by atoms with Crippen molar-refractivity contribution in [1.29, 1.82) is 0 Å². The van der Waals surface area contributed by atoms with Gasteiger partial charge in [0.05, 0.1) is 11.0 Å². The van der Waals surface area contributed by atoms with Crippen LogP contribution >= 0.6 is 0 Å². The van der Waals surface area contributed by atoms with Crippen LogP contribution in [0.5, 0.6) is 11.5 Å². The molecule has 25 heavy (non-hydrogen) atoms. The molecular weight excluding hydrogens is 324 g/mol. The molecule has 2 aromatic carbocycles. The number of benzene rings is 2. The number of carbonyl (C=O) groups excluding carboxylic acids is 1. The summed E-state index contributed by atoms with van der Waals surface area (Å²) in [5.41, 5.74) is 0.753. The SMILES string of the molecule is C[C@@H](CNC(=O)c1cc2c(cc1[N+](=O)[O-])OCCO2)c1ccccc1. The Labute approximate surface area is 144 Å². The zero-order valence-corrected chi connectivity index (χ0v) is 13.7. The molecule has 0 saturated heterocycles. The summed E-state index contributed by atoms with van der Waals surface area (Å²) in [6, 6.07) is 12.3. The number of nitro groups is 1. The number of amides is 1. The second-order valence-corrected chi connectivity index (χ2v) is 5.79. The number of fused-ring (bicyclic) bond motifs is 1. The summed E-state index contributed by atoms with van der Waals surface area (Å²) in [6.07, 6.45) is 0. The van der Waals surface area contributed by atoms with Gasteiger partial charge in [0.25, 0.3) is 11.6 Å². The molecule has 1 aliphatic heterocycles. The van der Waals surface area contributed by atoms with Gasteiger partial charge in [-0.2, -0.15) is 0 Å².